The fourth-order valence-corrected chi connectivity index (χ4v) is 5.86. The van der Waals surface area contributed by atoms with Gasteiger partial charge in [0.15, 0.2) is 0 Å². The van der Waals surface area contributed by atoms with Crippen molar-refractivity contribution in [1.29, 1.82) is 0 Å². The predicted molar refractivity (Wildman–Crippen MR) is 161 cm³/mol. The van der Waals surface area contributed by atoms with Crippen molar-refractivity contribution >= 4 is 45.3 Å². The van der Waals surface area contributed by atoms with Crippen molar-refractivity contribution in [2.75, 3.05) is 11.9 Å². The number of aryl methyl sites for hydroxylation is 1. The fourth-order valence-electron chi connectivity index (χ4n) is 4.35. The van der Waals surface area contributed by atoms with Crippen LogP contribution in [0.3, 0.4) is 0 Å². The third kappa shape index (κ3) is 7.49. The van der Waals surface area contributed by atoms with Gasteiger partial charge >= 0.3 is 0 Å². The summed E-state index contributed by atoms with van der Waals surface area (Å²) in [7, 11) is -4.06. The monoisotopic (exact) mass is 591 g/mol. The topological polar surface area (TPSA) is 113 Å². The van der Waals surface area contributed by atoms with E-state index in [1.807, 2.05) is 54.8 Å². The summed E-state index contributed by atoms with van der Waals surface area (Å²) in [6.07, 6.45) is 1.53. The summed E-state index contributed by atoms with van der Waals surface area (Å²) in [6.45, 7) is 4.80. The molecule has 0 bridgehead atoms. The van der Waals surface area contributed by atoms with E-state index in [0.29, 0.717) is 10.7 Å². The van der Waals surface area contributed by atoms with Gasteiger partial charge < -0.3 is 9.88 Å². The molecule has 0 saturated heterocycles. The molecule has 0 saturated carbocycles. The lowest BCUT2D eigenvalue weighted by Gasteiger charge is -2.21. The van der Waals surface area contributed by atoms with Crippen LogP contribution in [-0.4, -0.2) is 41.9 Å². The lowest BCUT2D eigenvalue weighted by Crippen LogP contribution is -2.39. The molecular weight excluding hydrogens is 562 g/mol. The highest BCUT2D eigenvalue weighted by Gasteiger charge is 2.27. The van der Waals surface area contributed by atoms with Crippen LogP contribution in [0.15, 0.2) is 94.9 Å². The van der Waals surface area contributed by atoms with Crippen LogP contribution in [-0.2, 0) is 26.2 Å². The number of halogens is 1. The first-order valence-corrected chi connectivity index (χ1v) is 14.5. The van der Waals surface area contributed by atoms with Gasteiger partial charge in [-0.2, -0.15) is 9.41 Å². The lowest BCUT2D eigenvalue weighted by atomic mass is 10.2. The summed E-state index contributed by atoms with van der Waals surface area (Å²) < 4.78 is 30.2. The Hall–Kier alpha value is -4.25. The number of sulfonamides is 1. The van der Waals surface area contributed by atoms with Gasteiger partial charge in [0.25, 0.3) is 5.91 Å². The number of hydrogen-bond acceptors (Lipinski definition) is 5. The highest BCUT2D eigenvalue weighted by Crippen LogP contribution is 2.22. The van der Waals surface area contributed by atoms with Crippen molar-refractivity contribution in [2.24, 2.45) is 5.10 Å². The molecule has 4 rings (SSSR count). The Bertz CT molecular complexity index is 1670. The summed E-state index contributed by atoms with van der Waals surface area (Å²) in [4.78, 5) is 24.2. The zero-order chi connectivity index (χ0) is 29.6. The molecule has 2 N–H and O–H groups in total. The highest BCUT2D eigenvalue weighted by atomic mass is 35.5. The molecule has 1 aromatic heterocycles. The Morgan fingerprint density at radius 2 is 1.63 bits per heavy atom. The molecule has 2 amide bonds. The maximum Gasteiger partial charge on any atom is 0.255 e. The molecule has 1 heterocycles. The number of carbonyl (C=O) groups excluding carboxylic acids is 2. The van der Waals surface area contributed by atoms with Crippen LogP contribution < -0.4 is 10.7 Å². The molecule has 0 atom stereocenters. The minimum absolute atomic E-state index is 0.00604. The second-order valence-corrected chi connectivity index (χ2v) is 11.8. The Morgan fingerprint density at radius 1 is 0.976 bits per heavy atom. The molecule has 3 aromatic carbocycles. The van der Waals surface area contributed by atoms with E-state index in [1.54, 1.807) is 24.3 Å². The van der Waals surface area contributed by atoms with E-state index >= 15 is 0 Å². The molecule has 41 heavy (non-hydrogen) atoms. The average Bonchev–Trinajstić information content (AvgIpc) is 3.22. The van der Waals surface area contributed by atoms with E-state index in [-0.39, 0.29) is 17.3 Å². The third-order valence-electron chi connectivity index (χ3n) is 6.28. The van der Waals surface area contributed by atoms with Gasteiger partial charge in [0.05, 0.1) is 17.7 Å². The first-order chi connectivity index (χ1) is 19.5. The Balaban J connectivity index is 1.51. The number of nitrogens with one attached hydrogen (secondary N) is 2. The molecule has 0 spiro atoms. The molecule has 0 aliphatic heterocycles. The van der Waals surface area contributed by atoms with E-state index in [4.69, 9.17) is 11.6 Å². The molecule has 11 heteroatoms. The van der Waals surface area contributed by atoms with Crippen LogP contribution in [0.25, 0.3) is 5.69 Å². The Labute approximate surface area is 244 Å². The van der Waals surface area contributed by atoms with Crippen LogP contribution in [0.1, 0.15) is 29.4 Å². The van der Waals surface area contributed by atoms with E-state index in [0.717, 1.165) is 32.5 Å². The van der Waals surface area contributed by atoms with Gasteiger partial charge in [-0.05, 0) is 74.0 Å². The normalized spacial score (nSPS) is 11.6. The summed E-state index contributed by atoms with van der Waals surface area (Å²) >= 11 is 6.02. The van der Waals surface area contributed by atoms with Crippen LogP contribution in [0.2, 0.25) is 5.02 Å². The predicted octanol–water partition coefficient (Wildman–Crippen LogP) is 5.05. The highest BCUT2D eigenvalue weighted by molar-refractivity contribution is 7.89. The number of carbonyl (C=O) groups is 2. The molecule has 9 nitrogen and oxygen atoms in total. The van der Waals surface area contributed by atoms with Gasteiger partial charge in [-0.15, -0.1) is 0 Å². The van der Waals surface area contributed by atoms with E-state index in [2.05, 4.69) is 15.8 Å². The zero-order valence-electron chi connectivity index (χ0n) is 22.8. The number of anilines is 1. The van der Waals surface area contributed by atoms with Gasteiger partial charge in [-0.1, -0.05) is 41.9 Å². The van der Waals surface area contributed by atoms with Crippen molar-refractivity contribution in [1.82, 2.24) is 14.3 Å². The third-order valence-corrected chi connectivity index (χ3v) is 8.34. The van der Waals surface area contributed by atoms with Gasteiger partial charge in [0, 0.05) is 46.8 Å². The van der Waals surface area contributed by atoms with Crippen molar-refractivity contribution < 1.29 is 18.0 Å². The minimum atomic E-state index is -4.06. The number of hydrazone groups is 1. The van der Waals surface area contributed by atoms with E-state index < -0.39 is 22.5 Å². The molecule has 212 valence electrons. The summed E-state index contributed by atoms with van der Waals surface area (Å²) in [5, 5.41) is 7.35. The van der Waals surface area contributed by atoms with Crippen LogP contribution in [0.4, 0.5) is 5.69 Å². The summed E-state index contributed by atoms with van der Waals surface area (Å²) in [5.74, 6) is -0.863. The maximum atomic E-state index is 13.6. The average molecular weight is 592 g/mol. The Kier molecular flexibility index (Phi) is 9.38. The summed E-state index contributed by atoms with van der Waals surface area (Å²) in [5.41, 5.74) is 7.27. The molecule has 0 aliphatic carbocycles. The second-order valence-electron chi connectivity index (χ2n) is 9.40. The molecule has 0 unspecified atom stereocenters. The molecule has 0 aliphatic rings. The number of hydrogen-bond donors (Lipinski definition) is 2. The van der Waals surface area contributed by atoms with Crippen LogP contribution in [0.5, 0.6) is 0 Å². The van der Waals surface area contributed by atoms with Crippen molar-refractivity contribution in [3.05, 3.63) is 112 Å². The van der Waals surface area contributed by atoms with E-state index in [9.17, 15) is 18.0 Å². The molecule has 4 aromatic rings. The van der Waals surface area contributed by atoms with Crippen LogP contribution in [0, 0.1) is 13.8 Å². The largest absolute Gasteiger partial charge is 0.326 e. The van der Waals surface area contributed by atoms with Crippen molar-refractivity contribution in [3.8, 4) is 5.69 Å². The standard InChI is InChI=1S/C30H30ClN5O4S/c1-21-17-25(22(2)36(21)28-13-9-26(31)10-14-28)18-32-34-30(38)20-35(19-24-7-5-4-6-8-24)41(39,40)29-15-11-27(12-16-29)33-23(3)37/h4-18H,19-20H2,1-3H3,(H,33,37)(H,34,38)/b32-18+. The number of rotatable bonds is 10. The smallest absolute Gasteiger partial charge is 0.255 e. The van der Waals surface area contributed by atoms with Gasteiger partial charge in [0.2, 0.25) is 15.9 Å². The van der Waals surface area contributed by atoms with E-state index in [1.165, 1.54) is 37.4 Å². The number of nitrogens with zero attached hydrogens (tertiary/aromatic N) is 3. The first kappa shape index (κ1) is 29.7. The fraction of sp³-hybridized carbons (Fsp3) is 0.167. The number of aromatic nitrogens is 1. The van der Waals surface area contributed by atoms with Gasteiger partial charge in [0.1, 0.15) is 0 Å². The number of benzene rings is 3. The Morgan fingerprint density at radius 3 is 2.27 bits per heavy atom. The van der Waals surface area contributed by atoms with Gasteiger partial charge in [-0.25, -0.2) is 13.8 Å². The number of amides is 2. The molecule has 0 fully saturated rings. The maximum absolute atomic E-state index is 13.6. The first-order valence-electron chi connectivity index (χ1n) is 12.7. The minimum Gasteiger partial charge on any atom is -0.326 e. The second kappa shape index (κ2) is 12.9. The quantitative estimate of drug-likeness (QED) is 0.198. The van der Waals surface area contributed by atoms with Crippen molar-refractivity contribution in [2.45, 2.75) is 32.2 Å². The molecular formula is C30H30ClN5O4S. The van der Waals surface area contributed by atoms with Crippen molar-refractivity contribution in [3.63, 3.8) is 0 Å². The summed E-state index contributed by atoms with van der Waals surface area (Å²) in [6, 6.07) is 24.2. The molecule has 0 radical (unpaired) electrons. The van der Waals surface area contributed by atoms with Gasteiger partial charge in [-0.3, -0.25) is 9.59 Å². The SMILES string of the molecule is CC(=O)Nc1ccc(S(=O)(=O)N(CC(=O)N/N=C/c2cc(C)n(-c3ccc(Cl)cc3)c2C)Cc2ccccc2)cc1. The van der Waals surface area contributed by atoms with Crippen LogP contribution >= 0.6 is 11.6 Å². The lowest BCUT2D eigenvalue weighted by molar-refractivity contribution is -0.121. The zero-order valence-corrected chi connectivity index (χ0v) is 24.4.